The Morgan fingerprint density at radius 2 is 1.52 bits per heavy atom. The topological polar surface area (TPSA) is 120 Å². The normalized spacial score (nSPS) is 21.5. The van der Waals surface area contributed by atoms with Crippen LogP contribution in [0.2, 0.25) is 0 Å². The van der Waals surface area contributed by atoms with Gasteiger partial charge in [-0.05, 0) is 30.2 Å². The Labute approximate surface area is 190 Å². The van der Waals surface area contributed by atoms with Crippen molar-refractivity contribution in [1.29, 1.82) is 10.5 Å². The van der Waals surface area contributed by atoms with Gasteiger partial charge >= 0.3 is 11.9 Å². The predicted octanol–water partition coefficient (Wildman–Crippen LogP) is 3.82. The Balaban J connectivity index is 2.47. The molecule has 0 amide bonds. The van der Waals surface area contributed by atoms with Gasteiger partial charge in [0.15, 0.2) is 5.41 Å². The zero-order chi connectivity index (χ0) is 24.3. The van der Waals surface area contributed by atoms with Crippen molar-refractivity contribution in [2.24, 2.45) is 11.3 Å². The van der Waals surface area contributed by atoms with Crippen LogP contribution in [0, 0.1) is 46.7 Å². The van der Waals surface area contributed by atoms with Crippen LogP contribution in [0.3, 0.4) is 0 Å². The summed E-state index contributed by atoms with van der Waals surface area (Å²) in [5, 5.41) is 32.0. The summed E-state index contributed by atoms with van der Waals surface area (Å²) >= 11 is 0. The molecule has 1 aliphatic carbocycles. The van der Waals surface area contributed by atoms with Crippen LogP contribution in [-0.2, 0) is 19.1 Å². The van der Waals surface area contributed by atoms with Crippen LogP contribution in [-0.4, -0.2) is 31.3 Å². The average Bonchev–Trinajstić information content (AvgIpc) is 2.83. The van der Waals surface area contributed by atoms with Crippen LogP contribution in [0.1, 0.15) is 28.5 Å². The summed E-state index contributed by atoms with van der Waals surface area (Å²) in [6, 6.07) is 15.7. The van der Waals surface area contributed by atoms with E-state index in [1.165, 1.54) is 12.1 Å². The van der Waals surface area contributed by atoms with Crippen LogP contribution < -0.4 is 0 Å². The van der Waals surface area contributed by atoms with E-state index in [4.69, 9.17) is 9.47 Å². The summed E-state index contributed by atoms with van der Waals surface area (Å²) in [5.74, 6) is -7.24. The summed E-state index contributed by atoms with van der Waals surface area (Å²) in [4.78, 5) is 25.7. The monoisotopic (exact) mass is 448 g/mol. The fourth-order valence-corrected chi connectivity index (χ4v) is 4.46. The lowest BCUT2D eigenvalue weighted by atomic mass is 9.54. The van der Waals surface area contributed by atoms with E-state index in [-0.39, 0.29) is 5.56 Å². The maximum absolute atomic E-state index is 13.7. The maximum Gasteiger partial charge on any atom is 0.337 e. The van der Waals surface area contributed by atoms with Gasteiger partial charge in [0.1, 0.15) is 17.5 Å². The summed E-state index contributed by atoms with van der Waals surface area (Å²) in [6.45, 7) is 1.85. The van der Waals surface area contributed by atoms with Gasteiger partial charge < -0.3 is 14.6 Å². The van der Waals surface area contributed by atoms with E-state index in [0.29, 0.717) is 5.56 Å². The maximum atomic E-state index is 13.7. The SMILES string of the molecule is COC(=O)C1=C(O)[C@@H](C(=O)OC)[C@H](c2ccc(C)cc2)C(C#N)(C#N)[C@@H]1c1ccc(F)cc1. The van der Waals surface area contributed by atoms with E-state index < -0.39 is 52.3 Å². The van der Waals surface area contributed by atoms with Crippen LogP contribution >= 0.6 is 0 Å². The average molecular weight is 448 g/mol. The third kappa shape index (κ3) is 3.81. The third-order valence-corrected chi connectivity index (χ3v) is 6.01. The molecule has 0 unspecified atom stereocenters. The number of hydrogen-bond acceptors (Lipinski definition) is 7. The number of carbonyl (C=O) groups is 2. The Bertz CT molecular complexity index is 1180. The Morgan fingerprint density at radius 1 is 0.970 bits per heavy atom. The number of carbonyl (C=O) groups excluding carboxylic acids is 2. The molecule has 2 aromatic carbocycles. The summed E-state index contributed by atoms with van der Waals surface area (Å²) in [6.07, 6.45) is 0. The van der Waals surface area contributed by atoms with Gasteiger partial charge in [0, 0.05) is 5.92 Å². The second-order valence-electron chi connectivity index (χ2n) is 7.76. The molecule has 0 saturated carbocycles. The van der Waals surface area contributed by atoms with Crippen molar-refractivity contribution in [3.05, 3.63) is 82.4 Å². The van der Waals surface area contributed by atoms with Crippen molar-refractivity contribution in [2.75, 3.05) is 14.2 Å². The number of esters is 2. The van der Waals surface area contributed by atoms with Crippen molar-refractivity contribution in [3.8, 4) is 12.1 Å². The summed E-state index contributed by atoms with van der Waals surface area (Å²) in [5.41, 5.74) is -0.935. The van der Waals surface area contributed by atoms with Gasteiger partial charge in [-0.2, -0.15) is 10.5 Å². The van der Waals surface area contributed by atoms with Crippen LogP contribution in [0.25, 0.3) is 0 Å². The highest BCUT2D eigenvalue weighted by atomic mass is 19.1. The number of benzene rings is 2. The van der Waals surface area contributed by atoms with Crippen molar-refractivity contribution >= 4 is 11.9 Å². The lowest BCUT2D eigenvalue weighted by Gasteiger charge is -2.44. The molecule has 2 aromatic rings. The molecule has 0 bridgehead atoms. The minimum absolute atomic E-state index is 0.229. The second kappa shape index (κ2) is 9.13. The fourth-order valence-electron chi connectivity index (χ4n) is 4.46. The highest BCUT2D eigenvalue weighted by molar-refractivity contribution is 5.94. The van der Waals surface area contributed by atoms with Crippen LogP contribution in [0.15, 0.2) is 59.9 Å². The molecule has 0 fully saturated rings. The number of aliphatic hydroxyl groups is 1. The number of nitriles is 2. The molecule has 3 rings (SSSR count). The molecular weight excluding hydrogens is 427 g/mol. The Morgan fingerprint density at radius 3 is 2.00 bits per heavy atom. The number of hydrogen-bond donors (Lipinski definition) is 1. The van der Waals surface area contributed by atoms with Crippen LogP contribution in [0.5, 0.6) is 0 Å². The van der Waals surface area contributed by atoms with E-state index >= 15 is 0 Å². The molecular formula is C25H21FN2O5. The Kier molecular flexibility index (Phi) is 6.50. The van der Waals surface area contributed by atoms with Crippen molar-refractivity contribution in [3.63, 3.8) is 0 Å². The second-order valence-corrected chi connectivity index (χ2v) is 7.76. The van der Waals surface area contributed by atoms with Gasteiger partial charge in [-0.25, -0.2) is 9.18 Å². The summed E-state index contributed by atoms with van der Waals surface area (Å²) < 4.78 is 23.4. The highest BCUT2D eigenvalue weighted by Gasteiger charge is 2.61. The first-order chi connectivity index (χ1) is 15.7. The van der Waals surface area contributed by atoms with Gasteiger partial charge in [-0.3, -0.25) is 4.79 Å². The molecule has 168 valence electrons. The molecule has 0 spiro atoms. The molecule has 0 aromatic heterocycles. The van der Waals surface area contributed by atoms with E-state index in [2.05, 4.69) is 0 Å². The smallest absolute Gasteiger partial charge is 0.337 e. The number of rotatable bonds is 4. The van der Waals surface area contributed by atoms with Gasteiger partial charge in [-0.1, -0.05) is 42.0 Å². The zero-order valence-electron chi connectivity index (χ0n) is 18.2. The number of aliphatic hydroxyl groups excluding tert-OH is 1. The third-order valence-electron chi connectivity index (χ3n) is 6.01. The highest BCUT2D eigenvalue weighted by Crippen LogP contribution is 2.58. The molecule has 0 radical (unpaired) electrons. The van der Waals surface area contributed by atoms with Crippen molar-refractivity contribution < 1.29 is 28.6 Å². The first-order valence-corrected chi connectivity index (χ1v) is 9.99. The molecule has 0 heterocycles. The lowest BCUT2D eigenvalue weighted by molar-refractivity contribution is -0.147. The molecule has 0 aliphatic heterocycles. The van der Waals surface area contributed by atoms with Gasteiger partial charge in [0.2, 0.25) is 0 Å². The number of methoxy groups -OCH3 is 2. The van der Waals surface area contributed by atoms with Gasteiger partial charge in [0.05, 0.1) is 37.8 Å². The number of ether oxygens (including phenoxy) is 2. The number of aryl methyl sites for hydroxylation is 1. The number of halogens is 1. The van der Waals surface area contributed by atoms with Gasteiger partial charge in [-0.15, -0.1) is 0 Å². The van der Waals surface area contributed by atoms with Crippen molar-refractivity contribution in [2.45, 2.75) is 18.8 Å². The van der Waals surface area contributed by atoms with Gasteiger partial charge in [0.25, 0.3) is 0 Å². The minimum Gasteiger partial charge on any atom is -0.511 e. The van der Waals surface area contributed by atoms with E-state index in [1.807, 2.05) is 19.1 Å². The summed E-state index contributed by atoms with van der Waals surface area (Å²) in [7, 11) is 2.18. The predicted molar refractivity (Wildman–Crippen MR) is 114 cm³/mol. The zero-order valence-corrected chi connectivity index (χ0v) is 18.2. The Hall–Kier alpha value is -4.17. The fraction of sp³-hybridized carbons (Fsp3) is 0.280. The molecule has 3 atom stereocenters. The first-order valence-electron chi connectivity index (χ1n) is 9.99. The largest absolute Gasteiger partial charge is 0.511 e. The number of nitrogens with zero attached hydrogens (tertiary/aromatic N) is 2. The van der Waals surface area contributed by atoms with E-state index in [1.54, 1.807) is 24.3 Å². The quantitative estimate of drug-likeness (QED) is 0.706. The lowest BCUT2D eigenvalue weighted by Crippen LogP contribution is -2.47. The molecule has 1 N–H and O–H groups in total. The molecule has 33 heavy (non-hydrogen) atoms. The standard InChI is InChI=1S/C25H21FN2O5/c1-14-4-6-15(7-5-14)20-18(23(30)32-2)22(29)19(24(31)33-3)21(25(20,12-27)13-28)16-8-10-17(26)11-9-16/h4-11,18,20-21,29H,1-3H3/t18-,20-,21+/m0/s1. The van der Waals surface area contributed by atoms with Crippen LogP contribution in [0.4, 0.5) is 4.39 Å². The molecule has 8 heteroatoms. The molecule has 0 saturated heterocycles. The molecule has 1 aliphatic rings. The molecule has 7 nitrogen and oxygen atoms in total. The van der Waals surface area contributed by atoms with Crippen molar-refractivity contribution in [1.82, 2.24) is 0 Å². The first kappa shape index (κ1) is 23.5. The van der Waals surface area contributed by atoms with E-state index in [9.17, 15) is 29.6 Å². The minimum atomic E-state index is -2.05. The van der Waals surface area contributed by atoms with E-state index in [0.717, 1.165) is 31.9 Å².